The summed E-state index contributed by atoms with van der Waals surface area (Å²) in [5.41, 5.74) is 1.77. The topological polar surface area (TPSA) is 79.0 Å². The van der Waals surface area contributed by atoms with Crippen LogP contribution in [0.4, 0.5) is 11.4 Å². The molecule has 2 saturated heterocycles. The van der Waals surface area contributed by atoms with E-state index >= 15 is 0 Å². The van der Waals surface area contributed by atoms with Crippen molar-refractivity contribution in [1.82, 2.24) is 5.32 Å². The first kappa shape index (κ1) is 31.9. The summed E-state index contributed by atoms with van der Waals surface area (Å²) < 4.78 is 6.84. The highest BCUT2D eigenvalue weighted by molar-refractivity contribution is 9.10. The molecular weight excluding hydrogens is 701 g/mol. The molecule has 0 radical (unpaired) electrons. The minimum atomic E-state index is -1.45. The first-order valence-corrected chi connectivity index (χ1v) is 17.0. The van der Waals surface area contributed by atoms with Gasteiger partial charge in [-0.3, -0.25) is 19.7 Å². The molecule has 0 aromatic heterocycles. The Labute approximate surface area is 291 Å². The molecule has 7 rings (SSSR count). The van der Waals surface area contributed by atoms with Gasteiger partial charge in [-0.1, -0.05) is 75.5 Å². The molecule has 10 heteroatoms. The van der Waals surface area contributed by atoms with E-state index in [9.17, 15) is 14.4 Å². The van der Waals surface area contributed by atoms with Gasteiger partial charge in [-0.15, -0.1) is 0 Å². The number of nitrogens with one attached hydrogen (secondary N) is 1. The van der Waals surface area contributed by atoms with Crippen LogP contribution in [-0.4, -0.2) is 29.4 Å². The van der Waals surface area contributed by atoms with Crippen molar-refractivity contribution in [2.24, 2.45) is 11.8 Å². The highest BCUT2D eigenvalue weighted by Gasteiger charge is 2.71. The third-order valence-electron chi connectivity index (χ3n) is 9.08. The molecule has 3 aliphatic heterocycles. The molecule has 0 saturated carbocycles. The molecule has 4 atom stereocenters. The van der Waals surface area contributed by atoms with Crippen LogP contribution in [0.3, 0.4) is 0 Å². The number of ether oxygens (including phenoxy) is 1. The maximum absolute atomic E-state index is 14.9. The number of fused-ring (bicyclic) bond motifs is 4. The lowest BCUT2D eigenvalue weighted by Crippen LogP contribution is -2.55. The van der Waals surface area contributed by atoms with E-state index in [1.807, 2.05) is 75.4 Å². The lowest BCUT2D eigenvalue weighted by molar-refractivity contribution is -0.132. The van der Waals surface area contributed by atoms with E-state index in [2.05, 4.69) is 21.2 Å². The van der Waals surface area contributed by atoms with E-state index < -0.39 is 29.3 Å². The number of hydrogen-bond donors (Lipinski definition) is 1. The second-order valence-corrected chi connectivity index (χ2v) is 15.0. The Bertz CT molecular complexity index is 1910. The van der Waals surface area contributed by atoms with Crippen molar-refractivity contribution < 1.29 is 19.1 Å². The molecule has 4 aromatic carbocycles. The monoisotopic (exact) mass is 731 g/mol. The smallest absolute Gasteiger partial charge is 0.253 e. The summed E-state index contributed by atoms with van der Waals surface area (Å²) >= 11 is 16.0. The number of halogens is 3. The minimum absolute atomic E-state index is 0.214. The zero-order valence-corrected chi connectivity index (χ0v) is 29.1. The minimum Gasteiger partial charge on any atom is -0.488 e. The number of benzene rings is 4. The standard InChI is InChI=1S/C37H32BrCl2N3O4/c1-36(2,3)47-25-15-8-21(9-16-25)19-29-31-32(34(45)43(33(31)44)24-13-11-23(38)12-14-24)37(41-29)26-6-4-5-7-30(26)42(35(37)46)20-22-10-17-27(39)28(40)18-22/h4-18,29,31-32,41H,19-20H2,1-3H3/t29-,31?,32?,37?/m0/s1. The van der Waals surface area contributed by atoms with Crippen molar-refractivity contribution in [3.8, 4) is 5.75 Å². The van der Waals surface area contributed by atoms with E-state index in [0.29, 0.717) is 33.4 Å². The van der Waals surface area contributed by atoms with Gasteiger partial charge in [-0.25, -0.2) is 4.90 Å². The Morgan fingerprint density at radius 1 is 0.851 bits per heavy atom. The molecule has 240 valence electrons. The molecule has 1 spiro atoms. The zero-order valence-electron chi connectivity index (χ0n) is 26.0. The summed E-state index contributed by atoms with van der Waals surface area (Å²) in [4.78, 5) is 46.8. The van der Waals surface area contributed by atoms with Gasteiger partial charge in [0, 0.05) is 21.8 Å². The van der Waals surface area contributed by atoms with Crippen molar-refractivity contribution in [3.63, 3.8) is 0 Å². The van der Waals surface area contributed by atoms with Crippen LogP contribution in [0.2, 0.25) is 10.0 Å². The lowest BCUT2D eigenvalue weighted by Gasteiger charge is -2.31. The predicted octanol–water partition coefficient (Wildman–Crippen LogP) is 7.70. The van der Waals surface area contributed by atoms with E-state index in [1.165, 1.54) is 4.90 Å². The summed E-state index contributed by atoms with van der Waals surface area (Å²) in [5, 5.41) is 4.42. The summed E-state index contributed by atoms with van der Waals surface area (Å²) in [7, 11) is 0. The molecule has 4 aromatic rings. The van der Waals surface area contributed by atoms with Crippen LogP contribution in [0.5, 0.6) is 5.75 Å². The largest absolute Gasteiger partial charge is 0.488 e. The quantitative estimate of drug-likeness (QED) is 0.206. The number of amides is 3. The fraction of sp³-hybridized carbons (Fsp3) is 0.270. The summed E-state index contributed by atoms with van der Waals surface area (Å²) in [6.45, 7) is 6.18. The molecule has 3 unspecified atom stereocenters. The second-order valence-electron chi connectivity index (χ2n) is 13.3. The van der Waals surface area contributed by atoms with Crippen molar-refractivity contribution in [2.75, 3.05) is 9.80 Å². The Hall–Kier alpha value is -3.69. The average molecular weight is 733 g/mol. The molecule has 0 aliphatic carbocycles. The van der Waals surface area contributed by atoms with Crippen LogP contribution in [0, 0.1) is 11.8 Å². The van der Waals surface area contributed by atoms with Gasteiger partial charge in [-0.05, 0) is 92.9 Å². The molecule has 47 heavy (non-hydrogen) atoms. The number of anilines is 2. The number of para-hydroxylation sites is 1. The van der Waals surface area contributed by atoms with Crippen LogP contribution in [0.25, 0.3) is 0 Å². The number of carbonyl (C=O) groups excluding carboxylic acids is 3. The Balaban J connectivity index is 1.31. The maximum atomic E-state index is 14.9. The molecular formula is C37H32BrCl2N3O4. The highest BCUT2D eigenvalue weighted by atomic mass is 79.9. The molecule has 3 amide bonds. The number of rotatable bonds is 6. The fourth-order valence-electron chi connectivity index (χ4n) is 7.25. The third kappa shape index (κ3) is 5.45. The zero-order chi connectivity index (χ0) is 33.2. The predicted molar refractivity (Wildman–Crippen MR) is 187 cm³/mol. The summed E-state index contributed by atoms with van der Waals surface area (Å²) in [6, 6.07) is 27.1. The van der Waals surface area contributed by atoms with Crippen LogP contribution >= 0.6 is 39.1 Å². The lowest BCUT2D eigenvalue weighted by atomic mass is 9.76. The first-order chi connectivity index (χ1) is 22.4. The second kappa shape index (κ2) is 11.8. The first-order valence-electron chi connectivity index (χ1n) is 15.4. The van der Waals surface area contributed by atoms with Crippen LogP contribution in [-0.2, 0) is 32.9 Å². The van der Waals surface area contributed by atoms with Gasteiger partial charge >= 0.3 is 0 Å². The van der Waals surface area contributed by atoms with E-state index in [-0.39, 0.29) is 24.0 Å². The Kier molecular flexibility index (Phi) is 7.99. The highest BCUT2D eigenvalue weighted by Crippen LogP contribution is 2.56. The molecule has 2 fully saturated rings. The Morgan fingerprint density at radius 3 is 2.21 bits per heavy atom. The summed E-state index contributed by atoms with van der Waals surface area (Å²) in [6.07, 6.45) is 0.425. The molecule has 3 aliphatic rings. The van der Waals surface area contributed by atoms with Gasteiger partial charge in [-0.2, -0.15) is 0 Å². The van der Waals surface area contributed by atoms with E-state index in [4.69, 9.17) is 27.9 Å². The molecule has 0 bridgehead atoms. The molecule has 1 N–H and O–H groups in total. The maximum Gasteiger partial charge on any atom is 0.253 e. The number of imide groups is 1. The van der Waals surface area contributed by atoms with Crippen molar-refractivity contribution in [3.05, 3.63) is 122 Å². The number of hydrogen-bond acceptors (Lipinski definition) is 5. The third-order valence-corrected chi connectivity index (χ3v) is 10.3. The van der Waals surface area contributed by atoms with Crippen LogP contribution in [0.15, 0.2) is 95.5 Å². The number of carbonyl (C=O) groups is 3. The van der Waals surface area contributed by atoms with Gasteiger partial charge < -0.3 is 9.64 Å². The van der Waals surface area contributed by atoms with Crippen molar-refractivity contribution in [1.29, 1.82) is 0 Å². The molecule has 7 nitrogen and oxygen atoms in total. The van der Waals surface area contributed by atoms with E-state index in [1.54, 1.807) is 41.3 Å². The normalized spacial score (nSPS) is 23.5. The fourth-order valence-corrected chi connectivity index (χ4v) is 7.83. The van der Waals surface area contributed by atoms with E-state index in [0.717, 1.165) is 21.3 Å². The van der Waals surface area contributed by atoms with Gasteiger partial charge in [0.05, 0.1) is 34.1 Å². The van der Waals surface area contributed by atoms with Crippen LogP contribution in [0.1, 0.15) is 37.5 Å². The average Bonchev–Trinajstić information content (AvgIpc) is 3.59. The van der Waals surface area contributed by atoms with Crippen molar-refractivity contribution in [2.45, 2.75) is 50.9 Å². The van der Waals surface area contributed by atoms with Crippen LogP contribution < -0.4 is 19.9 Å². The summed E-state index contributed by atoms with van der Waals surface area (Å²) in [5.74, 6) is -2.00. The van der Waals surface area contributed by atoms with Gasteiger partial charge in [0.1, 0.15) is 16.9 Å². The Morgan fingerprint density at radius 2 is 1.53 bits per heavy atom. The van der Waals surface area contributed by atoms with Gasteiger partial charge in [0.15, 0.2) is 0 Å². The van der Waals surface area contributed by atoms with Crippen molar-refractivity contribution >= 4 is 68.2 Å². The number of nitrogens with zero attached hydrogens (tertiary/aromatic N) is 2. The SMILES string of the molecule is CC(C)(C)Oc1ccc(C[C@@H]2NC3(C(=O)N(Cc4ccc(Cl)c(Cl)c4)c4ccccc43)C3C(=O)N(c4ccc(Br)cc4)C(=O)C32)cc1. The molecule has 3 heterocycles. The van der Waals surface area contributed by atoms with Gasteiger partial charge in [0.2, 0.25) is 11.8 Å². The van der Waals surface area contributed by atoms with Gasteiger partial charge in [0.25, 0.3) is 5.91 Å².